The van der Waals surface area contributed by atoms with Crippen molar-refractivity contribution >= 4 is 5.91 Å². The van der Waals surface area contributed by atoms with E-state index in [-0.39, 0.29) is 24.5 Å². The van der Waals surface area contributed by atoms with Gasteiger partial charge in [0.1, 0.15) is 0 Å². The van der Waals surface area contributed by atoms with E-state index in [1.165, 1.54) is 5.56 Å². The topological polar surface area (TPSA) is 40.5 Å². The molecule has 2 aromatic rings. The Bertz CT molecular complexity index is 695. The lowest BCUT2D eigenvalue weighted by molar-refractivity contribution is 0.0700. The highest BCUT2D eigenvalue weighted by atomic mass is 16.3. The summed E-state index contributed by atoms with van der Waals surface area (Å²) < 4.78 is 0. The number of fused-ring (bicyclic) bond motifs is 5. The Labute approximate surface area is 117 Å². The smallest absolute Gasteiger partial charge is 0.255 e. The molecule has 2 aliphatic heterocycles. The molecule has 1 N–H and O–H groups in total. The fourth-order valence-electron chi connectivity index (χ4n) is 3.52. The number of aliphatic hydroxyl groups is 1. The minimum absolute atomic E-state index is 0.0118. The van der Waals surface area contributed by atoms with Crippen LogP contribution in [-0.4, -0.2) is 29.1 Å². The van der Waals surface area contributed by atoms with Crippen molar-refractivity contribution in [3.05, 3.63) is 70.8 Å². The van der Waals surface area contributed by atoms with E-state index < -0.39 is 0 Å². The number of benzene rings is 2. The molecule has 3 nitrogen and oxygen atoms in total. The van der Waals surface area contributed by atoms with Gasteiger partial charge in [-0.05, 0) is 22.8 Å². The Balaban J connectivity index is 1.95. The van der Waals surface area contributed by atoms with Gasteiger partial charge >= 0.3 is 0 Å². The Hall–Kier alpha value is -2.13. The van der Waals surface area contributed by atoms with Crippen molar-refractivity contribution in [2.45, 2.75) is 12.0 Å². The summed E-state index contributed by atoms with van der Waals surface area (Å²) in [6.07, 6.45) is 0. The molecule has 2 aromatic carbocycles. The maximum Gasteiger partial charge on any atom is 0.255 e. The Morgan fingerprint density at radius 1 is 1.00 bits per heavy atom. The standard InChI is InChI=1S/C17H15NO2/c19-10-11-9-18-16(13-6-2-1-5-12(11)13)14-7-3-4-8-15(14)17(18)20/h1-8,11,16,19H,9-10H2/t11-,16?/m0/s1. The molecule has 0 aromatic heterocycles. The molecule has 1 unspecified atom stereocenters. The first-order valence-electron chi connectivity index (χ1n) is 6.91. The molecule has 0 bridgehead atoms. The van der Waals surface area contributed by atoms with E-state index in [2.05, 4.69) is 12.1 Å². The third kappa shape index (κ3) is 1.41. The van der Waals surface area contributed by atoms with Crippen molar-refractivity contribution in [3.63, 3.8) is 0 Å². The van der Waals surface area contributed by atoms with Gasteiger partial charge in [0.15, 0.2) is 0 Å². The predicted molar refractivity (Wildman–Crippen MR) is 75.6 cm³/mol. The fraction of sp³-hybridized carbons (Fsp3) is 0.235. The molecule has 0 radical (unpaired) electrons. The minimum Gasteiger partial charge on any atom is -0.396 e. The number of hydrogen-bond donors (Lipinski definition) is 1. The van der Waals surface area contributed by atoms with E-state index in [4.69, 9.17) is 0 Å². The van der Waals surface area contributed by atoms with Gasteiger partial charge < -0.3 is 10.0 Å². The van der Waals surface area contributed by atoms with Gasteiger partial charge in [-0.2, -0.15) is 0 Å². The Morgan fingerprint density at radius 2 is 1.65 bits per heavy atom. The van der Waals surface area contributed by atoms with Crippen LogP contribution >= 0.6 is 0 Å². The van der Waals surface area contributed by atoms with Crippen LogP contribution in [0.25, 0.3) is 0 Å². The highest BCUT2D eigenvalue weighted by Gasteiger charge is 2.42. The minimum atomic E-state index is 0.0118. The van der Waals surface area contributed by atoms with Crippen molar-refractivity contribution in [1.82, 2.24) is 4.90 Å². The van der Waals surface area contributed by atoms with Crippen LogP contribution in [0.5, 0.6) is 0 Å². The van der Waals surface area contributed by atoms with Crippen LogP contribution < -0.4 is 0 Å². The summed E-state index contributed by atoms with van der Waals surface area (Å²) in [5, 5.41) is 9.62. The number of nitrogens with zero attached hydrogens (tertiary/aromatic N) is 1. The molecule has 0 fully saturated rings. The van der Waals surface area contributed by atoms with E-state index in [1.54, 1.807) is 0 Å². The van der Waals surface area contributed by atoms with Gasteiger partial charge in [-0.15, -0.1) is 0 Å². The maximum atomic E-state index is 12.5. The van der Waals surface area contributed by atoms with Gasteiger partial charge in [-0.1, -0.05) is 42.5 Å². The SMILES string of the molecule is O=C1c2ccccc2C2c3ccccc3[C@H](CO)CN12. The average molecular weight is 265 g/mol. The summed E-state index contributed by atoms with van der Waals surface area (Å²) in [6.45, 7) is 0.662. The molecular formula is C17H15NO2. The average Bonchev–Trinajstić information content (AvgIpc) is 2.80. The lowest BCUT2D eigenvalue weighted by Gasteiger charge is -2.36. The first kappa shape index (κ1) is 11.7. The molecule has 1 amide bonds. The Kier molecular flexibility index (Phi) is 2.44. The zero-order valence-electron chi connectivity index (χ0n) is 11.0. The normalized spacial score (nSPS) is 23.2. The van der Waals surface area contributed by atoms with Crippen molar-refractivity contribution in [2.24, 2.45) is 0 Å². The lowest BCUT2D eigenvalue weighted by Crippen LogP contribution is -2.38. The first-order valence-corrected chi connectivity index (χ1v) is 6.91. The monoisotopic (exact) mass is 265 g/mol. The second-order valence-electron chi connectivity index (χ2n) is 5.46. The third-order valence-corrected chi connectivity index (χ3v) is 4.43. The van der Waals surface area contributed by atoms with Crippen LogP contribution in [0, 0.1) is 0 Å². The van der Waals surface area contributed by atoms with Crippen molar-refractivity contribution in [3.8, 4) is 0 Å². The molecule has 0 saturated carbocycles. The molecule has 0 aliphatic carbocycles. The van der Waals surface area contributed by atoms with Crippen molar-refractivity contribution in [2.75, 3.05) is 13.2 Å². The molecule has 100 valence electrons. The molecule has 3 heteroatoms. The third-order valence-electron chi connectivity index (χ3n) is 4.43. The van der Waals surface area contributed by atoms with Gasteiger partial charge in [-0.25, -0.2) is 0 Å². The first-order chi connectivity index (χ1) is 9.81. The van der Waals surface area contributed by atoms with Crippen LogP contribution in [0.4, 0.5) is 0 Å². The number of aliphatic hydroxyl groups excluding tert-OH is 1. The van der Waals surface area contributed by atoms with Gasteiger partial charge in [-0.3, -0.25) is 4.79 Å². The van der Waals surface area contributed by atoms with Crippen LogP contribution in [0.3, 0.4) is 0 Å². The van der Waals surface area contributed by atoms with E-state index in [0.717, 1.165) is 16.7 Å². The molecule has 4 rings (SSSR count). The second-order valence-corrected chi connectivity index (χ2v) is 5.46. The van der Waals surface area contributed by atoms with Crippen LogP contribution in [0.15, 0.2) is 48.5 Å². The van der Waals surface area contributed by atoms with E-state index in [9.17, 15) is 9.90 Å². The number of amides is 1. The predicted octanol–water partition coefficient (Wildman–Crippen LogP) is 2.32. The highest BCUT2D eigenvalue weighted by Crippen LogP contribution is 2.45. The van der Waals surface area contributed by atoms with Crippen LogP contribution in [0.2, 0.25) is 0 Å². The van der Waals surface area contributed by atoms with Crippen LogP contribution in [-0.2, 0) is 0 Å². The zero-order chi connectivity index (χ0) is 13.7. The van der Waals surface area contributed by atoms with Gasteiger partial charge in [0.2, 0.25) is 0 Å². The molecule has 2 heterocycles. The summed E-state index contributed by atoms with van der Waals surface area (Å²) in [6, 6.07) is 16.0. The van der Waals surface area contributed by atoms with E-state index in [1.807, 2.05) is 41.3 Å². The quantitative estimate of drug-likeness (QED) is 0.859. The number of rotatable bonds is 1. The lowest BCUT2D eigenvalue weighted by atomic mass is 9.84. The second kappa shape index (κ2) is 4.18. The van der Waals surface area contributed by atoms with Gasteiger partial charge in [0.25, 0.3) is 5.91 Å². The van der Waals surface area contributed by atoms with E-state index >= 15 is 0 Å². The zero-order valence-corrected chi connectivity index (χ0v) is 11.0. The number of carbonyl (C=O) groups is 1. The number of carbonyl (C=O) groups excluding carboxylic acids is 1. The summed E-state index contributed by atoms with van der Waals surface area (Å²) >= 11 is 0. The molecule has 0 saturated heterocycles. The molecule has 2 aliphatic rings. The van der Waals surface area contributed by atoms with Crippen LogP contribution in [0.1, 0.15) is 39.0 Å². The number of hydrogen-bond acceptors (Lipinski definition) is 2. The Morgan fingerprint density at radius 3 is 2.40 bits per heavy atom. The fourth-order valence-corrected chi connectivity index (χ4v) is 3.52. The summed E-state index contributed by atoms with van der Waals surface area (Å²) in [7, 11) is 0. The molecule has 0 spiro atoms. The highest BCUT2D eigenvalue weighted by molar-refractivity contribution is 6.00. The summed E-state index contributed by atoms with van der Waals surface area (Å²) in [4.78, 5) is 14.4. The van der Waals surface area contributed by atoms with Gasteiger partial charge in [0, 0.05) is 18.0 Å². The van der Waals surface area contributed by atoms with Gasteiger partial charge in [0.05, 0.1) is 12.6 Å². The molecule has 20 heavy (non-hydrogen) atoms. The molecule has 2 atom stereocenters. The van der Waals surface area contributed by atoms with E-state index in [0.29, 0.717) is 6.54 Å². The molecular weight excluding hydrogens is 250 g/mol. The maximum absolute atomic E-state index is 12.5. The summed E-state index contributed by atoms with van der Waals surface area (Å²) in [5.74, 6) is 0.0965. The van der Waals surface area contributed by atoms with Crippen molar-refractivity contribution < 1.29 is 9.90 Å². The largest absolute Gasteiger partial charge is 0.396 e. The summed E-state index contributed by atoms with van der Waals surface area (Å²) in [5.41, 5.74) is 4.20. The van der Waals surface area contributed by atoms with Crippen molar-refractivity contribution in [1.29, 1.82) is 0 Å².